The van der Waals surface area contributed by atoms with E-state index in [1.165, 1.54) is 49.2 Å². The van der Waals surface area contributed by atoms with Crippen molar-refractivity contribution < 1.29 is 9.13 Å². The van der Waals surface area contributed by atoms with Crippen LogP contribution in [0.25, 0.3) is 0 Å². The Morgan fingerprint density at radius 1 is 1.04 bits per heavy atom. The number of benzene rings is 2. The summed E-state index contributed by atoms with van der Waals surface area (Å²) in [5.74, 6) is 2.94. The molecule has 0 spiro atoms. The third-order valence-electron chi connectivity index (χ3n) is 6.34. The van der Waals surface area contributed by atoms with Crippen molar-refractivity contribution in [3.63, 3.8) is 0 Å². The molecule has 3 unspecified atom stereocenters. The molecule has 28 heavy (non-hydrogen) atoms. The molecule has 1 saturated heterocycles. The van der Waals surface area contributed by atoms with E-state index in [0.29, 0.717) is 5.92 Å². The van der Waals surface area contributed by atoms with Crippen LogP contribution in [0.5, 0.6) is 5.75 Å². The first-order valence-electron chi connectivity index (χ1n) is 10.7. The summed E-state index contributed by atoms with van der Waals surface area (Å²) < 4.78 is 19.3. The summed E-state index contributed by atoms with van der Waals surface area (Å²) in [7, 11) is 0. The van der Waals surface area contributed by atoms with Gasteiger partial charge in [0.25, 0.3) is 0 Å². The quantitative estimate of drug-likeness (QED) is 0.690. The van der Waals surface area contributed by atoms with Crippen molar-refractivity contribution in [3.05, 3.63) is 65.0 Å². The molecule has 2 nitrogen and oxygen atoms in total. The molecule has 2 aliphatic rings. The first kappa shape index (κ1) is 20.9. The number of hydrogen-bond donors (Lipinski definition) is 1. The van der Waals surface area contributed by atoms with Gasteiger partial charge in [0.2, 0.25) is 0 Å². The zero-order valence-electron chi connectivity index (χ0n) is 17.7. The molecule has 3 heteroatoms. The highest BCUT2D eigenvalue weighted by molar-refractivity contribution is 5.38. The predicted molar refractivity (Wildman–Crippen MR) is 114 cm³/mol. The second-order valence-corrected chi connectivity index (χ2v) is 8.32. The molecular formula is C25H34FNO. The van der Waals surface area contributed by atoms with Crippen LogP contribution in [0.2, 0.25) is 0 Å². The molecule has 152 valence electrons. The van der Waals surface area contributed by atoms with Crippen LogP contribution in [0.1, 0.15) is 56.4 Å². The molecule has 1 fully saturated rings. The van der Waals surface area contributed by atoms with Crippen LogP contribution in [0.4, 0.5) is 4.39 Å². The Bertz CT molecular complexity index is 765. The second kappa shape index (κ2) is 9.56. The number of ether oxygens (including phenoxy) is 1. The van der Waals surface area contributed by atoms with Crippen LogP contribution in [-0.4, -0.2) is 13.1 Å². The summed E-state index contributed by atoms with van der Waals surface area (Å²) in [6.07, 6.45) is 3.82. The lowest BCUT2D eigenvalue weighted by Crippen LogP contribution is -2.12. The number of aryl methyl sites for hydroxylation is 1. The topological polar surface area (TPSA) is 21.3 Å². The average Bonchev–Trinajstić information content (AvgIpc) is 3.28. The molecule has 2 aromatic rings. The van der Waals surface area contributed by atoms with Crippen molar-refractivity contribution in [3.8, 4) is 5.75 Å². The van der Waals surface area contributed by atoms with E-state index in [9.17, 15) is 4.39 Å². The van der Waals surface area contributed by atoms with Gasteiger partial charge in [-0.1, -0.05) is 57.9 Å². The molecule has 1 aliphatic carbocycles. The summed E-state index contributed by atoms with van der Waals surface area (Å²) in [6, 6.07) is 13.1. The summed E-state index contributed by atoms with van der Waals surface area (Å²) in [6.45, 7) is 11.2. The van der Waals surface area contributed by atoms with Gasteiger partial charge in [0.05, 0.1) is 0 Å². The van der Waals surface area contributed by atoms with Crippen LogP contribution in [0.3, 0.4) is 0 Å². The summed E-state index contributed by atoms with van der Waals surface area (Å²) in [4.78, 5) is 0. The highest BCUT2D eigenvalue weighted by Gasteiger charge is 2.31. The lowest BCUT2D eigenvalue weighted by Gasteiger charge is -2.20. The van der Waals surface area contributed by atoms with E-state index in [4.69, 9.17) is 4.74 Å². The Balaban J connectivity index is 0.000000211. The lowest BCUT2D eigenvalue weighted by atomic mass is 9.92. The van der Waals surface area contributed by atoms with Gasteiger partial charge < -0.3 is 10.1 Å². The summed E-state index contributed by atoms with van der Waals surface area (Å²) in [5.41, 5.74) is 3.47. The monoisotopic (exact) mass is 383 g/mol. The molecular weight excluding hydrogens is 349 g/mol. The summed E-state index contributed by atoms with van der Waals surface area (Å²) in [5, 5.41) is 3.42. The molecule has 0 bridgehead atoms. The molecule has 1 N–H and O–H groups in total. The first-order chi connectivity index (χ1) is 13.5. The predicted octanol–water partition coefficient (Wildman–Crippen LogP) is 6.09. The zero-order chi connectivity index (χ0) is 20.1. The number of hydrogen-bond acceptors (Lipinski definition) is 2. The standard InChI is InChI=1S/C17H17FO.C8H17N/c1-11-10-14(18)7-8-16(11)19-17-12(2)9-13-5-3-4-6-15(13)17;1-3-7-5-9-6-8(7)4-2/h3-8,10,12,17H,9H2,1-2H3;7-9H,3-6H2,1-2H3/t12-,17?;/m1./s1. The average molecular weight is 384 g/mol. The van der Waals surface area contributed by atoms with Crippen LogP contribution >= 0.6 is 0 Å². The van der Waals surface area contributed by atoms with Gasteiger partial charge in [-0.15, -0.1) is 0 Å². The van der Waals surface area contributed by atoms with E-state index >= 15 is 0 Å². The molecule has 0 saturated carbocycles. The van der Waals surface area contributed by atoms with E-state index in [0.717, 1.165) is 29.6 Å². The molecule has 1 aliphatic heterocycles. The third kappa shape index (κ3) is 4.75. The highest BCUT2D eigenvalue weighted by Crippen LogP contribution is 2.39. The van der Waals surface area contributed by atoms with E-state index < -0.39 is 0 Å². The van der Waals surface area contributed by atoms with Gasteiger partial charge in [-0.05, 0) is 73.2 Å². The lowest BCUT2D eigenvalue weighted by molar-refractivity contribution is 0.158. The van der Waals surface area contributed by atoms with E-state index in [1.807, 2.05) is 13.0 Å². The van der Waals surface area contributed by atoms with E-state index in [2.05, 4.69) is 44.3 Å². The number of halogens is 1. The maximum absolute atomic E-state index is 13.1. The molecule has 4 rings (SSSR count). The van der Waals surface area contributed by atoms with Crippen LogP contribution in [-0.2, 0) is 6.42 Å². The Morgan fingerprint density at radius 3 is 2.36 bits per heavy atom. The summed E-state index contributed by atoms with van der Waals surface area (Å²) >= 11 is 0. The van der Waals surface area contributed by atoms with Crippen molar-refractivity contribution >= 4 is 0 Å². The molecule has 0 amide bonds. The maximum atomic E-state index is 13.1. The second-order valence-electron chi connectivity index (χ2n) is 8.32. The minimum Gasteiger partial charge on any atom is -0.485 e. The van der Waals surface area contributed by atoms with Crippen molar-refractivity contribution in [1.29, 1.82) is 0 Å². The largest absolute Gasteiger partial charge is 0.485 e. The van der Waals surface area contributed by atoms with Crippen molar-refractivity contribution in [1.82, 2.24) is 5.32 Å². The van der Waals surface area contributed by atoms with Gasteiger partial charge in [0, 0.05) is 5.92 Å². The third-order valence-corrected chi connectivity index (χ3v) is 6.34. The first-order valence-corrected chi connectivity index (χ1v) is 10.7. The van der Waals surface area contributed by atoms with E-state index in [-0.39, 0.29) is 11.9 Å². The molecule has 1 heterocycles. The minimum absolute atomic E-state index is 0.0698. The fourth-order valence-electron chi connectivity index (χ4n) is 4.56. The van der Waals surface area contributed by atoms with Gasteiger partial charge >= 0.3 is 0 Å². The van der Waals surface area contributed by atoms with Crippen LogP contribution < -0.4 is 10.1 Å². The molecule has 2 aromatic carbocycles. The molecule has 0 radical (unpaired) electrons. The highest BCUT2D eigenvalue weighted by atomic mass is 19.1. The van der Waals surface area contributed by atoms with Crippen molar-refractivity contribution in [2.45, 2.75) is 53.1 Å². The van der Waals surface area contributed by atoms with Gasteiger partial charge in [0.15, 0.2) is 0 Å². The van der Waals surface area contributed by atoms with Gasteiger partial charge in [0.1, 0.15) is 17.7 Å². The molecule has 0 aromatic heterocycles. The Hall–Kier alpha value is -1.87. The van der Waals surface area contributed by atoms with Crippen LogP contribution in [0.15, 0.2) is 42.5 Å². The zero-order valence-corrected chi connectivity index (χ0v) is 17.7. The molecule has 4 atom stereocenters. The maximum Gasteiger partial charge on any atom is 0.127 e. The number of rotatable bonds is 4. The smallest absolute Gasteiger partial charge is 0.127 e. The van der Waals surface area contributed by atoms with Crippen molar-refractivity contribution in [2.24, 2.45) is 17.8 Å². The normalized spacial score (nSPS) is 25.8. The van der Waals surface area contributed by atoms with Crippen molar-refractivity contribution in [2.75, 3.05) is 13.1 Å². The van der Waals surface area contributed by atoms with Gasteiger partial charge in [-0.3, -0.25) is 0 Å². The van der Waals surface area contributed by atoms with Gasteiger partial charge in [-0.2, -0.15) is 0 Å². The van der Waals surface area contributed by atoms with Crippen LogP contribution in [0, 0.1) is 30.5 Å². The van der Waals surface area contributed by atoms with Gasteiger partial charge in [-0.25, -0.2) is 4.39 Å². The Labute approximate surface area is 169 Å². The SMILES string of the molecule is CCC1CNCC1CC.Cc1cc(F)ccc1OC1c2ccccc2C[C@H]1C. The Kier molecular flexibility index (Phi) is 7.12. The fraction of sp³-hybridized carbons (Fsp3) is 0.520. The fourth-order valence-corrected chi connectivity index (χ4v) is 4.56. The minimum atomic E-state index is -0.218. The van der Waals surface area contributed by atoms with E-state index in [1.54, 1.807) is 6.07 Å². The number of fused-ring (bicyclic) bond motifs is 1. The number of nitrogens with one attached hydrogen (secondary N) is 1. The Morgan fingerprint density at radius 2 is 1.71 bits per heavy atom.